The van der Waals surface area contributed by atoms with Crippen molar-refractivity contribution in [1.82, 2.24) is 0 Å². The molecule has 2 atom stereocenters. The van der Waals surface area contributed by atoms with Crippen LogP contribution in [0.3, 0.4) is 0 Å². The number of aliphatic hydroxyl groups is 1. The molecule has 19 heavy (non-hydrogen) atoms. The highest BCUT2D eigenvalue weighted by Gasteiger charge is 2.53. The Morgan fingerprint density at radius 2 is 1.89 bits per heavy atom. The van der Waals surface area contributed by atoms with Gasteiger partial charge in [0.25, 0.3) is 0 Å². The molecule has 0 bridgehead atoms. The van der Waals surface area contributed by atoms with Gasteiger partial charge < -0.3 is 9.84 Å². The largest absolute Gasteiger partial charge is 0.388 e. The molecule has 1 heterocycles. The van der Waals surface area contributed by atoms with Gasteiger partial charge in [-0.3, -0.25) is 0 Å². The molecular weight excluding hydrogens is 238 g/mol. The van der Waals surface area contributed by atoms with E-state index in [1.807, 2.05) is 0 Å². The van der Waals surface area contributed by atoms with Gasteiger partial charge in [-0.05, 0) is 38.0 Å². The van der Waals surface area contributed by atoms with Crippen LogP contribution in [-0.4, -0.2) is 23.4 Å². The Morgan fingerprint density at radius 3 is 2.42 bits per heavy atom. The van der Waals surface area contributed by atoms with Gasteiger partial charge in [0.15, 0.2) is 0 Å². The van der Waals surface area contributed by atoms with E-state index in [0.717, 1.165) is 38.0 Å². The maximum atomic E-state index is 11.1. The van der Waals surface area contributed by atoms with Crippen LogP contribution in [0, 0.1) is 22.7 Å². The van der Waals surface area contributed by atoms with Gasteiger partial charge in [-0.15, -0.1) is 0 Å². The summed E-state index contributed by atoms with van der Waals surface area (Å²) in [4.78, 5) is 0. The molecule has 1 saturated carbocycles. The van der Waals surface area contributed by atoms with Gasteiger partial charge in [0.2, 0.25) is 0 Å². The van der Waals surface area contributed by atoms with Crippen molar-refractivity contribution in [1.29, 1.82) is 5.26 Å². The Morgan fingerprint density at radius 1 is 1.21 bits per heavy atom. The number of hydrogen-bond acceptors (Lipinski definition) is 3. The summed E-state index contributed by atoms with van der Waals surface area (Å²) < 4.78 is 5.68. The zero-order valence-electron chi connectivity index (χ0n) is 12.3. The van der Waals surface area contributed by atoms with Crippen molar-refractivity contribution < 1.29 is 9.84 Å². The molecule has 0 amide bonds. The lowest BCUT2D eigenvalue weighted by Gasteiger charge is -2.49. The Hall–Kier alpha value is -0.590. The van der Waals surface area contributed by atoms with Gasteiger partial charge in [0, 0.05) is 19.4 Å². The van der Waals surface area contributed by atoms with Crippen molar-refractivity contribution in [2.75, 3.05) is 6.61 Å². The normalized spacial score (nSPS) is 43.7. The molecule has 2 unspecified atom stereocenters. The summed E-state index contributed by atoms with van der Waals surface area (Å²) in [5, 5.41) is 20.8. The Bertz CT molecular complexity index is 341. The first kappa shape index (κ1) is 14.8. The molecule has 2 fully saturated rings. The second-order valence-corrected chi connectivity index (χ2v) is 6.43. The minimum Gasteiger partial charge on any atom is -0.388 e. The first-order chi connectivity index (χ1) is 9.09. The maximum Gasteiger partial charge on any atom is 0.0879 e. The van der Waals surface area contributed by atoms with Crippen molar-refractivity contribution in [3.05, 3.63) is 0 Å². The van der Waals surface area contributed by atoms with Crippen LogP contribution >= 0.6 is 0 Å². The SMILES string of the molecule is CCC1CCC(C#N)(C2(O)CCOC(CC)C2)CC1. The van der Waals surface area contributed by atoms with Gasteiger partial charge in [-0.1, -0.05) is 20.3 Å². The molecular formula is C16H27NO2. The average molecular weight is 265 g/mol. The summed E-state index contributed by atoms with van der Waals surface area (Å²) in [5.41, 5.74) is -1.37. The quantitative estimate of drug-likeness (QED) is 0.850. The Kier molecular flexibility index (Phi) is 4.53. The smallest absolute Gasteiger partial charge is 0.0879 e. The molecule has 0 aromatic heterocycles. The van der Waals surface area contributed by atoms with Crippen molar-refractivity contribution in [2.24, 2.45) is 11.3 Å². The predicted octanol–water partition coefficient (Wildman–Crippen LogP) is 3.42. The number of ether oxygens (including phenoxy) is 1. The molecule has 1 N–H and O–H groups in total. The van der Waals surface area contributed by atoms with Crippen LogP contribution in [0.4, 0.5) is 0 Å². The highest BCUT2D eigenvalue weighted by atomic mass is 16.5. The van der Waals surface area contributed by atoms with E-state index in [1.54, 1.807) is 0 Å². The standard InChI is InChI=1S/C16H27NO2/c1-3-13-5-7-15(12-17,8-6-13)16(18)9-10-19-14(4-2)11-16/h13-14,18H,3-11H2,1-2H3. The first-order valence-corrected chi connectivity index (χ1v) is 7.84. The van der Waals surface area contributed by atoms with E-state index in [2.05, 4.69) is 19.9 Å². The van der Waals surface area contributed by atoms with E-state index in [-0.39, 0.29) is 6.10 Å². The van der Waals surface area contributed by atoms with Crippen LogP contribution in [0.5, 0.6) is 0 Å². The molecule has 1 aliphatic carbocycles. The van der Waals surface area contributed by atoms with Gasteiger partial charge in [0.05, 0.1) is 23.2 Å². The highest BCUT2D eigenvalue weighted by molar-refractivity contribution is 5.14. The molecule has 0 radical (unpaired) electrons. The second kappa shape index (κ2) is 5.81. The summed E-state index contributed by atoms with van der Waals surface area (Å²) in [7, 11) is 0. The molecule has 2 aliphatic rings. The van der Waals surface area contributed by atoms with Crippen molar-refractivity contribution in [3.8, 4) is 6.07 Å². The van der Waals surface area contributed by atoms with E-state index >= 15 is 0 Å². The van der Waals surface area contributed by atoms with Gasteiger partial charge in [0.1, 0.15) is 0 Å². The lowest BCUT2D eigenvalue weighted by Crippen LogP contribution is -2.54. The number of rotatable bonds is 3. The third kappa shape index (κ3) is 2.66. The fourth-order valence-corrected chi connectivity index (χ4v) is 3.89. The summed E-state index contributed by atoms with van der Waals surface area (Å²) in [6.45, 7) is 4.90. The molecule has 0 aromatic rings. The minimum atomic E-state index is -0.834. The molecule has 1 saturated heterocycles. The molecule has 3 heteroatoms. The Labute approximate surface area is 117 Å². The van der Waals surface area contributed by atoms with Crippen LogP contribution < -0.4 is 0 Å². The monoisotopic (exact) mass is 265 g/mol. The summed E-state index contributed by atoms with van der Waals surface area (Å²) in [6.07, 6.45) is 7.37. The van der Waals surface area contributed by atoms with Crippen LogP contribution in [0.15, 0.2) is 0 Å². The topological polar surface area (TPSA) is 53.2 Å². The van der Waals surface area contributed by atoms with Crippen LogP contribution in [0.25, 0.3) is 0 Å². The first-order valence-electron chi connectivity index (χ1n) is 7.84. The number of nitrogens with zero attached hydrogens (tertiary/aromatic N) is 1. The van der Waals surface area contributed by atoms with E-state index in [4.69, 9.17) is 4.74 Å². The van der Waals surface area contributed by atoms with E-state index in [9.17, 15) is 10.4 Å². The zero-order valence-corrected chi connectivity index (χ0v) is 12.3. The van der Waals surface area contributed by atoms with E-state index in [0.29, 0.717) is 19.4 Å². The van der Waals surface area contributed by atoms with Crippen molar-refractivity contribution in [3.63, 3.8) is 0 Å². The second-order valence-electron chi connectivity index (χ2n) is 6.43. The molecule has 0 spiro atoms. The van der Waals surface area contributed by atoms with Crippen molar-refractivity contribution in [2.45, 2.75) is 76.9 Å². The van der Waals surface area contributed by atoms with Gasteiger partial charge in [-0.2, -0.15) is 5.26 Å². The highest BCUT2D eigenvalue weighted by Crippen LogP contribution is 2.51. The average Bonchev–Trinajstić information content (AvgIpc) is 2.47. The Balaban J connectivity index is 2.14. The fourth-order valence-electron chi connectivity index (χ4n) is 3.89. The number of nitriles is 1. The predicted molar refractivity (Wildman–Crippen MR) is 74.5 cm³/mol. The van der Waals surface area contributed by atoms with Gasteiger partial charge in [-0.25, -0.2) is 0 Å². The van der Waals surface area contributed by atoms with Crippen LogP contribution in [0.1, 0.15) is 65.2 Å². The molecule has 108 valence electrons. The van der Waals surface area contributed by atoms with E-state index in [1.165, 1.54) is 6.42 Å². The maximum absolute atomic E-state index is 11.1. The zero-order chi connectivity index (χ0) is 13.9. The van der Waals surface area contributed by atoms with Crippen molar-refractivity contribution >= 4 is 0 Å². The lowest BCUT2D eigenvalue weighted by atomic mass is 9.59. The molecule has 1 aliphatic heterocycles. The van der Waals surface area contributed by atoms with Crippen LogP contribution in [0.2, 0.25) is 0 Å². The molecule has 0 aromatic carbocycles. The van der Waals surface area contributed by atoms with Crippen LogP contribution in [-0.2, 0) is 4.74 Å². The number of hydrogen-bond donors (Lipinski definition) is 1. The molecule has 2 rings (SSSR count). The molecule has 3 nitrogen and oxygen atoms in total. The minimum absolute atomic E-state index is 0.118. The summed E-state index contributed by atoms with van der Waals surface area (Å²) in [6, 6.07) is 2.51. The van der Waals surface area contributed by atoms with E-state index < -0.39 is 11.0 Å². The summed E-state index contributed by atoms with van der Waals surface area (Å²) in [5.74, 6) is 0.742. The summed E-state index contributed by atoms with van der Waals surface area (Å²) >= 11 is 0. The third-order valence-electron chi connectivity index (χ3n) is 5.53. The lowest BCUT2D eigenvalue weighted by molar-refractivity contribution is -0.162. The third-order valence-corrected chi connectivity index (χ3v) is 5.53. The van der Waals surface area contributed by atoms with Gasteiger partial charge >= 0.3 is 0 Å². The fraction of sp³-hybridized carbons (Fsp3) is 0.938.